The molecule has 8 heteroatoms. The first-order chi connectivity index (χ1) is 12.7. The van der Waals surface area contributed by atoms with Crippen molar-refractivity contribution in [3.05, 3.63) is 47.6 Å². The van der Waals surface area contributed by atoms with E-state index in [1.54, 1.807) is 11.6 Å². The number of anilines is 2. The van der Waals surface area contributed by atoms with Gasteiger partial charge in [-0.2, -0.15) is 5.10 Å². The topological polar surface area (TPSA) is 86.7 Å². The fourth-order valence-corrected chi connectivity index (χ4v) is 2.99. The Labute approximate surface area is 156 Å². The first-order valence-corrected chi connectivity index (χ1v) is 9.16. The number of nitrogens with zero attached hydrogens (tertiary/aromatic N) is 3. The van der Waals surface area contributed by atoms with Gasteiger partial charge in [0.25, 0.3) is 0 Å². The summed E-state index contributed by atoms with van der Waals surface area (Å²) >= 11 is 1.39. The first kappa shape index (κ1) is 17.8. The van der Waals surface area contributed by atoms with Crippen LogP contribution in [0, 0.1) is 0 Å². The normalized spacial score (nSPS) is 11.0. The van der Waals surface area contributed by atoms with Gasteiger partial charge in [0, 0.05) is 23.3 Å². The van der Waals surface area contributed by atoms with Gasteiger partial charge < -0.3 is 19.8 Å². The van der Waals surface area contributed by atoms with Crippen LogP contribution in [0.1, 0.15) is 19.4 Å². The van der Waals surface area contributed by atoms with Crippen molar-refractivity contribution in [1.29, 1.82) is 0 Å². The smallest absolute Gasteiger partial charge is 0.205 e. The third-order valence-corrected chi connectivity index (χ3v) is 4.19. The van der Waals surface area contributed by atoms with Crippen molar-refractivity contribution in [2.45, 2.75) is 13.8 Å². The average molecular weight is 371 g/mol. The van der Waals surface area contributed by atoms with Crippen LogP contribution in [0.4, 0.5) is 10.9 Å². The Bertz CT molecular complexity index is 847. The second kappa shape index (κ2) is 8.39. The number of hydrogen-bond acceptors (Lipinski definition) is 7. The summed E-state index contributed by atoms with van der Waals surface area (Å²) in [6.45, 7) is 5.01. The quantitative estimate of drug-likeness (QED) is 0.465. The zero-order valence-corrected chi connectivity index (χ0v) is 15.5. The van der Waals surface area contributed by atoms with E-state index in [4.69, 9.17) is 15.2 Å². The maximum atomic E-state index is 5.85. The largest absolute Gasteiger partial charge is 0.492 e. The van der Waals surface area contributed by atoms with Crippen molar-refractivity contribution < 1.29 is 9.47 Å². The maximum absolute atomic E-state index is 5.85. The number of benzene rings is 1. The van der Waals surface area contributed by atoms with Gasteiger partial charge in [-0.1, -0.05) is 0 Å². The average Bonchev–Trinajstić information content (AvgIpc) is 3.27. The van der Waals surface area contributed by atoms with Crippen LogP contribution >= 0.6 is 11.3 Å². The van der Waals surface area contributed by atoms with Crippen molar-refractivity contribution in [2.75, 3.05) is 24.4 Å². The molecular weight excluding hydrogens is 350 g/mol. The van der Waals surface area contributed by atoms with Gasteiger partial charge in [0.05, 0.1) is 19.4 Å². The van der Waals surface area contributed by atoms with Crippen molar-refractivity contribution >= 4 is 28.5 Å². The number of thiazole rings is 1. The SMILES string of the molecule is CCOc1cc(C=NNc2nc(N)cs2)cc(OCC)c1-n1cccc1. The fourth-order valence-electron chi connectivity index (χ4n) is 2.45. The number of nitrogens with two attached hydrogens (primary N) is 1. The number of ether oxygens (including phenoxy) is 2. The summed E-state index contributed by atoms with van der Waals surface area (Å²) in [6, 6.07) is 7.79. The molecule has 0 radical (unpaired) electrons. The van der Waals surface area contributed by atoms with Crippen LogP contribution in [0.15, 0.2) is 47.1 Å². The molecule has 1 aromatic carbocycles. The Morgan fingerprint density at radius 3 is 2.38 bits per heavy atom. The zero-order valence-electron chi connectivity index (χ0n) is 14.7. The van der Waals surface area contributed by atoms with Crippen molar-refractivity contribution in [3.63, 3.8) is 0 Å². The molecule has 0 atom stereocenters. The number of nitrogens with one attached hydrogen (secondary N) is 1. The summed E-state index contributed by atoms with van der Waals surface area (Å²) < 4.78 is 13.7. The number of hydrazone groups is 1. The summed E-state index contributed by atoms with van der Waals surface area (Å²) in [4.78, 5) is 4.10. The predicted octanol–water partition coefficient (Wildman–Crippen LogP) is 3.76. The maximum Gasteiger partial charge on any atom is 0.205 e. The van der Waals surface area contributed by atoms with Crippen molar-refractivity contribution in [1.82, 2.24) is 9.55 Å². The second-order valence-electron chi connectivity index (χ2n) is 5.27. The lowest BCUT2D eigenvalue weighted by Gasteiger charge is -2.17. The minimum Gasteiger partial charge on any atom is -0.492 e. The lowest BCUT2D eigenvalue weighted by Crippen LogP contribution is -2.05. The van der Waals surface area contributed by atoms with Gasteiger partial charge in [0.15, 0.2) is 0 Å². The molecule has 0 unspecified atom stereocenters. The van der Waals surface area contributed by atoms with Crippen LogP contribution in [0.5, 0.6) is 11.5 Å². The number of hydrogen-bond donors (Lipinski definition) is 2. The molecule has 0 bridgehead atoms. The molecule has 136 valence electrons. The molecule has 7 nitrogen and oxygen atoms in total. The van der Waals surface area contributed by atoms with Crippen LogP contribution in [-0.2, 0) is 0 Å². The van der Waals surface area contributed by atoms with E-state index in [1.165, 1.54) is 11.3 Å². The number of aromatic nitrogens is 2. The molecule has 0 aliphatic carbocycles. The van der Waals surface area contributed by atoms with Gasteiger partial charge in [0.1, 0.15) is 23.0 Å². The highest BCUT2D eigenvalue weighted by Gasteiger charge is 2.14. The van der Waals surface area contributed by atoms with Crippen LogP contribution in [0.25, 0.3) is 5.69 Å². The van der Waals surface area contributed by atoms with Crippen molar-refractivity contribution in [3.8, 4) is 17.2 Å². The standard InChI is InChI=1S/C18H21N5O2S/c1-3-24-14-9-13(11-20-22-18-21-16(19)12-26-18)10-15(25-4-2)17(14)23-7-5-6-8-23/h5-12H,3-4,19H2,1-2H3,(H,21,22). The highest BCUT2D eigenvalue weighted by atomic mass is 32.1. The number of rotatable bonds is 8. The minimum absolute atomic E-state index is 0.473. The van der Waals surface area contributed by atoms with Crippen LogP contribution in [-0.4, -0.2) is 29.0 Å². The van der Waals surface area contributed by atoms with Crippen LogP contribution in [0.2, 0.25) is 0 Å². The van der Waals surface area contributed by atoms with E-state index in [1.807, 2.05) is 55.1 Å². The Kier molecular flexibility index (Phi) is 5.75. The van der Waals surface area contributed by atoms with E-state index in [0.717, 1.165) is 22.7 Å². The molecule has 0 fully saturated rings. The molecule has 0 spiro atoms. The molecule has 0 aliphatic rings. The van der Waals surface area contributed by atoms with Gasteiger partial charge in [-0.25, -0.2) is 4.98 Å². The highest BCUT2D eigenvalue weighted by molar-refractivity contribution is 7.14. The van der Waals surface area contributed by atoms with E-state index >= 15 is 0 Å². The number of nitrogen functional groups attached to an aromatic ring is 1. The summed E-state index contributed by atoms with van der Waals surface area (Å²) in [5.74, 6) is 1.94. The molecule has 26 heavy (non-hydrogen) atoms. The van der Waals surface area contributed by atoms with E-state index in [9.17, 15) is 0 Å². The molecule has 2 aromatic heterocycles. The summed E-state index contributed by atoms with van der Waals surface area (Å²) in [5.41, 5.74) is 10.2. The van der Waals surface area contributed by atoms with Gasteiger partial charge in [-0.3, -0.25) is 5.43 Å². The molecule has 0 saturated carbocycles. The van der Waals surface area contributed by atoms with Gasteiger partial charge in [0.2, 0.25) is 5.13 Å². The molecule has 3 aromatic rings. The highest BCUT2D eigenvalue weighted by Crippen LogP contribution is 2.34. The Balaban J connectivity index is 1.93. The van der Waals surface area contributed by atoms with Crippen LogP contribution in [0.3, 0.4) is 0 Å². The second-order valence-corrected chi connectivity index (χ2v) is 6.13. The molecule has 3 N–H and O–H groups in total. The monoisotopic (exact) mass is 371 g/mol. The zero-order chi connectivity index (χ0) is 18.4. The van der Waals surface area contributed by atoms with E-state index in [0.29, 0.717) is 24.2 Å². The van der Waals surface area contributed by atoms with E-state index < -0.39 is 0 Å². The summed E-state index contributed by atoms with van der Waals surface area (Å²) in [5, 5.41) is 6.61. The van der Waals surface area contributed by atoms with E-state index in [-0.39, 0.29) is 0 Å². The predicted molar refractivity (Wildman–Crippen MR) is 106 cm³/mol. The minimum atomic E-state index is 0.473. The third kappa shape index (κ3) is 4.15. The lowest BCUT2D eigenvalue weighted by molar-refractivity contribution is 0.321. The summed E-state index contributed by atoms with van der Waals surface area (Å²) in [6.07, 6.45) is 5.62. The summed E-state index contributed by atoms with van der Waals surface area (Å²) in [7, 11) is 0. The van der Waals surface area contributed by atoms with Crippen molar-refractivity contribution in [2.24, 2.45) is 5.10 Å². The van der Waals surface area contributed by atoms with Gasteiger partial charge in [-0.05, 0) is 38.1 Å². The molecule has 0 aliphatic heterocycles. The molecular formula is C18H21N5O2S. The Hall–Kier alpha value is -3.00. The van der Waals surface area contributed by atoms with Crippen LogP contribution < -0.4 is 20.6 Å². The fraction of sp³-hybridized carbons (Fsp3) is 0.222. The third-order valence-electron chi connectivity index (χ3n) is 3.42. The lowest BCUT2D eigenvalue weighted by atomic mass is 10.1. The molecule has 2 heterocycles. The first-order valence-electron chi connectivity index (χ1n) is 8.28. The van der Waals surface area contributed by atoms with Gasteiger partial charge in [-0.15, -0.1) is 11.3 Å². The Morgan fingerprint density at radius 2 is 1.85 bits per heavy atom. The molecule has 0 amide bonds. The van der Waals surface area contributed by atoms with E-state index in [2.05, 4.69) is 15.5 Å². The molecule has 0 saturated heterocycles. The van der Waals surface area contributed by atoms with Gasteiger partial charge >= 0.3 is 0 Å². The Morgan fingerprint density at radius 1 is 1.19 bits per heavy atom. The molecule has 3 rings (SSSR count).